The average Bonchev–Trinajstić information content (AvgIpc) is 2.20. The Balaban J connectivity index is 2.64. The van der Waals surface area contributed by atoms with E-state index in [1.807, 2.05) is 0 Å². The molecule has 90 valence electrons. The molecule has 1 unspecified atom stereocenters. The number of halogens is 3. The predicted molar refractivity (Wildman–Crippen MR) is 52.9 cm³/mol. The molecule has 1 aromatic heterocycles. The molecule has 1 rings (SSSR count). The van der Waals surface area contributed by atoms with E-state index in [1.54, 1.807) is 19.1 Å². The van der Waals surface area contributed by atoms with Crippen molar-refractivity contribution < 1.29 is 18.3 Å². The number of aromatic nitrogens is 1. The summed E-state index contributed by atoms with van der Waals surface area (Å²) in [6.07, 6.45) is -2.83. The zero-order valence-corrected chi connectivity index (χ0v) is 8.75. The fraction of sp³-hybridized carbons (Fsp3) is 0.500. The Morgan fingerprint density at radius 1 is 1.44 bits per heavy atom. The highest BCUT2D eigenvalue weighted by Gasteiger charge is 2.28. The molecule has 0 aliphatic rings. The van der Waals surface area contributed by atoms with E-state index in [0.29, 0.717) is 5.56 Å². The minimum atomic E-state index is -4.29. The fourth-order valence-corrected chi connectivity index (χ4v) is 1.21. The van der Waals surface area contributed by atoms with E-state index < -0.39 is 25.4 Å². The van der Waals surface area contributed by atoms with Gasteiger partial charge in [-0.05, 0) is 18.6 Å². The minimum Gasteiger partial charge on any atom is -0.394 e. The second-order valence-corrected chi connectivity index (χ2v) is 3.46. The van der Waals surface area contributed by atoms with Crippen LogP contribution in [0.4, 0.5) is 13.2 Å². The van der Waals surface area contributed by atoms with Crippen LogP contribution in [0.3, 0.4) is 0 Å². The number of hydrogen-bond donors (Lipinski definition) is 2. The van der Waals surface area contributed by atoms with Gasteiger partial charge in [-0.25, -0.2) is 0 Å². The van der Waals surface area contributed by atoms with Crippen LogP contribution in [0.1, 0.15) is 17.3 Å². The third-order valence-electron chi connectivity index (χ3n) is 2.07. The lowest BCUT2D eigenvalue weighted by atomic mass is 10.1. The van der Waals surface area contributed by atoms with Gasteiger partial charge in [-0.15, -0.1) is 0 Å². The zero-order valence-electron chi connectivity index (χ0n) is 8.75. The van der Waals surface area contributed by atoms with E-state index in [0.717, 1.165) is 5.69 Å². The summed E-state index contributed by atoms with van der Waals surface area (Å²) in [6, 6.07) is 2.59. The molecule has 0 aliphatic carbocycles. The van der Waals surface area contributed by atoms with Gasteiger partial charge < -0.3 is 5.11 Å². The number of aryl methyl sites for hydroxylation is 1. The monoisotopic (exact) mass is 234 g/mol. The molecule has 0 spiro atoms. The third-order valence-corrected chi connectivity index (χ3v) is 2.07. The van der Waals surface area contributed by atoms with Crippen LogP contribution in [0.2, 0.25) is 0 Å². The van der Waals surface area contributed by atoms with Gasteiger partial charge in [0.1, 0.15) is 0 Å². The van der Waals surface area contributed by atoms with Gasteiger partial charge in [0.25, 0.3) is 0 Å². The van der Waals surface area contributed by atoms with E-state index in [4.69, 9.17) is 5.11 Å². The zero-order chi connectivity index (χ0) is 12.2. The molecule has 0 saturated carbocycles. The Bertz CT molecular complexity index is 324. The van der Waals surface area contributed by atoms with Gasteiger partial charge in [0, 0.05) is 11.9 Å². The van der Waals surface area contributed by atoms with E-state index >= 15 is 0 Å². The van der Waals surface area contributed by atoms with Gasteiger partial charge in [0.15, 0.2) is 0 Å². The number of aliphatic hydroxyl groups is 1. The van der Waals surface area contributed by atoms with Crippen molar-refractivity contribution in [2.24, 2.45) is 0 Å². The first-order chi connectivity index (χ1) is 7.42. The highest BCUT2D eigenvalue weighted by atomic mass is 19.4. The minimum absolute atomic E-state index is 0.402. The molecule has 0 amide bonds. The van der Waals surface area contributed by atoms with E-state index in [2.05, 4.69) is 10.3 Å². The topological polar surface area (TPSA) is 45.1 Å². The van der Waals surface area contributed by atoms with Crippen LogP contribution < -0.4 is 5.32 Å². The fourth-order valence-electron chi connectivity index (χ4n) is 1.21. The summed E-state index contributed by atoms with van der Waals surface area (Å²) in [5.74, 6) is 0. The SMILES string of the molecule is Cc1ccc(C(CO)NCC(F)(F)F)cn1. The Labute approximate surface area is 91.3 Å². The second-order valence-electron chi connectivity index (χ2n) is 3.46. The molecule has 0 fully saturated rings. The average molecular weight is 234 g/mol. The van der Waals surface area contributed by atoms with Crippen molar-refractivity contribution in [1.82, 2.24) is 10.3 Å². The number of hydrogen-bond acceptors (Lipinski definition) is 3. The molecule has 0 aromatic carbocycles. The molecular formula is C10H13F3N2O. The number of nitrogens with zero attached hydrogens (tertiary/aromatic N) is 1. The third kappa shape index (κ3) is 4.16. The lowest BCUT2D eigenvalue weighted by molar-refractivity contribution is -0.126. The van der Waals surface area contributed by atoms with Gasteiger partial charge in [0.05, 0.1) is 19.2 Å². The van der Waals surface area contributed by atoms with Crippen molar-refractivity contribution in [2.45, 2.75) is 19.1 Å². The molecule has 3 nitrogen and oxygen atoms in total. The van der Waals surface area contributed by atoms with E-state index in [1.165, 1.54) is 6.20 Å². The van der Waals surface area contributed by atoms with Gasteiger partial charge in [-0.1, -0.05) is 6.07 Å². The summed E-state index contributed by atoms with van der Waals surface area (Å²) in [4.78, 5) is 3.96. The Hall–Kier alpha value is -1.14. The van der Waals surface area contributed by atoms with Crippen molar-refractivity contribution in [3.63, 3.8) is 0 Å². The number of alkyl halides is 3. The smallest absolute Gasteiger partial charge is 0.394 e. The number of aliphatic hydroxyl groups excluding tert-OH is 1. The van der Waals surface area contributed by atoms with Crippen LogP contribution in [0.15, 0.2) is 18.3 Å². The molecule has 0 aliphatic heterocycles. The standard InChI is InChI=1S/C10H13F3N2O/c1-7-2-3-8(4-14-7)9(5-16)15-6-10(11,12)13/h2-4,9,15-16H,5-6H2,1H3. The normalized spacial score (nSPS) is 13.8. The van der Waals surface area contributed by atoms with Crippen LogP contribution in [0, 0.1) is 6.92 Å². The summed E-state index contributed by atoms with van der Waals surface area (Å²) in [5.41, 5.74) is 1.31. The molecule has 1 heterocycles. The van der Waals surface area contributed by atoms with Crippen LogP contribution in [-0.4, -0.2) is 29.4 Å². The summed E-state index contributed by atoms with van der Waals surface area (Å²) in [5, 5.41) is 11.2. The Kier molecular flexibility index (Phi) is 4.26. The maximum absolute atomic E-state index is 12.0. The van der Waals surface area contributed by atoms with Gasteiger partial charge in [-0.3, -0.25) is 10.3 Å². The summed E-state index contributed by atoms with van der Waals surface area (Å²) < 4.78 is 35.9. The maximum Gasteiger partial charge on any atom is 0.401 e. The lowest BCUT2D eigenvalue weighted by Crippen LogP contribution is -2.33. The van der Waals surface area contributed by atoms with Crippen LogP contribution in [0.5, 0.6) is 0 Å². The Morgan fingerprint density at radius 3 is 2.56 bits per heavy atom. The van der Waals surface area contributed by atoms with Gasteiger partial charge >= 0.3 is 6.18 Å². The van der Waals surface area contributed by atoms with E-state index in [9.17, 15) is 13.2 Å². The number of rotatable bonds is 4. The van der Waals surface area contributed by atoms with Crippen LogP contribution in [0.25, 0.3) is 0 Å². The van der Waals surface area contributed by atoms with Crippen LogP contribution in [-0.2, 0) is 0 Å². The first-order valence-electron chi connectivity index (χ1n) is 4.76. The molecule has 1 atom stereocenters. The van der Waals surface area contributed by atoms with Crippen molar-refractivity contribution >= 4 is 0 Å². The molecule has 16 heavy (non-hydrogen) atoms. The molecule has 6 heteroatoms. The summed E-state index contributed by atoms with van der Waals surface area (Å²) in [7, 11) is 0. The molecule has 0 radical (unpaired) electrons. The number of nitrogens with one attached hydrogen (secondary N) is 1. The van der Waals surface area contributed by atoms with Gasteiger partial charge in [-0.2, -0.15) is 13.2 Å². The molecule has 0 bridgehead atoms. The number of pyridine rings is 1. The highest BCUT2D eigenvalue weighted by molar-refractivity contribution is 5.17. The lowest BCUT2D eigenvalue weighted by Gasteiger charge is -2.17. The van der Waals surface area contributed by atoms with Crippen molar-refractivity contribution in [3.8, 4) is 0 Å². The quantitative estimate of drug-likeness (QED) is 0.831. The summed E-state index contributed by atoms with van der Waals surface area (Å²) >= 11 is 0. The predicted octanol–water partition coefficient (Wildman–Crippen LogP) is 1.58. The van der Waals surface area contributed by atoms with E-state index in [-0.39, 0.29) is 0 Å². The molecule has 2 N–H and O–H groups in total. The van der Waals surface area contributed by atoms with Crippen molar-refractivity contribution in [3.05, 3.63) is 29.6 Å². The maximum atomic E-state index is 12.0. The summed E-state index contributed by atoms with van der Waals surface area (Å²) in [6.45, 7) is 0.244. The highest BCUT2D eigenvalue weighted by Crippen LogP contribution is 2.16. The second kappa shape index (κ2) is 5.27. The van der Waals surface area contributed by atoms with Crippen molar-refractivity contribution in [1.29, 1.82) is 0 Å². The largest absolute Gasteiger partial charge is 0.401 e. The Morgan fingerprint density at radius 2 is 2.12 bits per heavy atom. The molecular weight excluding hydrogens is 221 g/mol. The van der Waals surface area contributed by atoms with Crippen molar-refractivity contribution in [2.75, 3.05) is 13.2 Å². The molecule has 1 aromatic rings. The molecule has 0 saturated heterocycles. The van der Waals surface area contributed by atoms with Crippen LogP contribution >= 0.6 is 0 Å². The first kappa shape index (κ1) is 12.9. The first-order valence-corrected chi connectivity index (χ1v) is 4.76. The van der Waals surface area contributed by atoms with Gasteiger partial charge in [0.2, 0.25) is 0 Å².